The van der Waals surface area contributed by atoms with Gasteiger partial charge < -0.3 is 16.0 Å². The summed E-state index contributed by atoms with van der Waals surface area (Å²) in [5.41, 5.74) is 5.42. The first-order chi connectivity index (χ1) is 7.00. The summed E-state index contributed by atoms with van der Waals surface area (Å²) in [4.78, 5) is 20.5. The van der Waals surface area contributed by atoms with Gasteiger partial charge in [0.2, 0.25) is 11.9 Å². The van der Waals surface area contributed by atoms with Gasteiger partial charge in [-0.25, -0.2) is 4.98 Å². The molecule has 0 aliphatic rings. The second-order valence-electron chi connectivity index (χ2n) is 3.07. The molecule has 0 radical (unpaired) electrons. The highest BCUT2D eigenvalue weighted by atomic mass is 79.9. The number of anilines is 2. The van der Waals surface area contributed by atoms with E-state index in [-0.39, 0.29) is 18.4 Å². The normalized spacial score (nSPS) is 9.80. The van der Waals surface area contributed by atoms with Crippen LogP contribution in [0.2, 0.25) is 0 Å². The summed E-state index contributed by atoms with van der Waals surface area (Å²) >= 11 is 3.25. The van der Waals surface area contributed by atoms with Crippen molar-refractivity contribution in [2.24, 2.45) is 0 Å². The molecule has 1 heterocycles. The Hall–Kier alpha value is -1.37. The standard InChI is InChI=1S/C8H12BrN5O/c1-14(2)6(15)4-11-7-5(9)3-12-8(10)13-7/h3H,4H2,1-2H3,(H3,10,11,12,13). The number of nitrogens with two attached hydrogens (primary N) is 1. The van der Waals surface area contributed by atoms with Gasteiger partial charge in [0.25, 0.3) is 0 Å². The van der Waals surface area contributed by atoms with Crippen LogP contribution in [-0.2, 0) is 4.79 Å². The van der Waals surface area contributed by atoms with Crippen LogP contribution in [0.15, 0.2) is 10.7 Å². The SMILES string of the molecule is CN(C)C(=O)CNc1nc(N)ncc1Br. The van der Waals surface area contributed by atoms with Crippen molar-refractivity contribution in [1.29, 1.82) is 0 Å². The average molecular weight is 274 g/mol. The zero-order valence-corrected chi connectivity index (χ0v) is 10.1. The van der Waals surface area contributed by atoms with E-state index in [4.69, 9.17) is 5.73 Å². The molecule has 0 bridgehead atoms. The Balaban J connectivity index is 2.65. The van der Waals surface area contributed by atoms with Crippen LogP contribution in [0, 0.1) is 0 Å². The predicted molar refractivity (Wildman–Crippen MR) is 61.3 cm³/mol. The maximum absolute atomic E-state index is 11.3. The number of carbonyl (C=O) groups excluding carboxylic acids is 1. The lowest BCUT2D eigenvalue weighted by Crippen LogP contribution is -2.29. The van der Waals surface area contributed by atoms with Crippen LogP contribution < -0.4 is 11.1 Å². The fourth-order valence-electron chi connectivity index (χ4n) is 0.822. The van der Waals surface area contributed by atoms with Crippen LogP contribution in [0.5, 0.6) is 0 Å². The molecule has 0 aromatic carbocycles. The molecule has 0 aliphatic carbocycles. The number of nitrogens with one attached hydrogen (secondary N) is 1. The Morgan fingerprint density at radius 2 is 2.33 bits per heavy atom. The van der Waals surface area contributed by atoms with Crippen molar-refractivity contribution in [2.45, 2.75) is 0 Å². The molecule has 3 N–H and O–H groups in total. The number of amides is 1. The quantitative estimate of drug-likeness (QED) is 0.829. The average Bonchev–Trinajstić information content (AvgIpc) is 2.18. The van der Waals surface area contributed by atoms with Gasteiger partial charge in [-0.3, -0.25) is 4.79 Å². The van der Waals surface area contributed by atoms with Crippen molar-refractivity contribution < 1.29 is 4.79 Å². The zero-order valence-electron chi connectivity index (χ0n) is 8.49. The molecular formula is C8H12BrN5O. The summed E-state index contributed by atoms with van der Waals surface area (Å²) in [6.07, 6.45) is 1.53. The number of carbonyl (C=O) groups is 1. The van der Waals surface area contributed by atoms with E-state index in [0.717, 1.165) is 0 Å². The molecule has 0 saturated carbocycles. The van der Waals surface area contributed by atoms with Crippen molar-refractivity contribution in [1.82, 2.24) is 14.9 Å². The lowest BCUT2D eigenvalue weighted by Gasteiger charge is -2.11. The Labute approximate surface area is 96.0 Å². The minimum Gasteiger partial charge on any atom is -0.368 e. The first-order valence-electron chi connectivity index (χ1n) is 4.22. The van der Waals surface area contributed by atoms with Gasteiger partial charge in [-0.05, 0) is 15.9 Å². The van der Waals surface area contributed by atoms with Gasteiger partial charge in [0, 0.05) is 20.3 Å². The lowest BCUT2D eigenvalue weighted by atomic mass is 10.5. The van der Waals surface area contributed by atoms with Crippen LogP contribution in [0.25, 0.3) is 0 Å². The molecule has 6 nitrogen and oxygen atoms in total. The highest BCUT2D eigenvalue weighted by Crippen LogP contribution is 2.18. The molecule has 1 aromatic rings. The Morgan fingerprint density at radius 1 is 1.67 bits per heavy atom. The summed E-state index contributed by atoms with van der Waals surface area (Å²) in [6, 6.07) is 0. The number of halogens is 1. The van der Waals surface area contributed by atoms with Gasteiger partial charge in [0.1, 0.15) is 5.82 Å². The smallest absolute Gasteiger partial charge is 0.241 e. The molecule has 82 valence electrons. The number of hydrogen-bond acceptors (Lipinski definition) is 5. The van der Waals surface area contributed by atoms with Gasteiger partial charge in [0.15, 0.2) is 0 Å². The highest BCUT2D eigenvalue weighted by Gasteiger charge is 2.07. The molecule has 0 spiro atoms. The van der Waals surface area contributed by atoms with Crippen LogP contribution in [-0.4, -0.2) is 41.4 Å². The Kier molecular flexibility index (Phi) is 3.84. The molecule has 0 unspecified atom stereocenters. The maximum Gasteiger partial charge on any atom is 0.241 e. The summed E-state index contributed by atoms with van der Waals surface area (Å²) in [6.45, 7) is 0.169. The molecule has 1 amide bonds. The van der Waals surface area contributed by atoms with E-state index in [1.807, 2.05) is 0 Å². The number of nitrogens with zero attached hydrogens (tertiary/aromatic N) is 3. The molecule has 15 heavy (non-hydrogen) atoms. The predicted octanol–water partition coefficient (Wildman–Crippen LogP) is 0.321. The highest BCUT2D eigenvalue weighted by molar-refractivity contribution is 9.10. The molecule has 1 aromatic heterocycles. The molecule has 0 fully saturated rings. The van der Waals surface area contributed by atoms with Crippen LogP contribution in [0.4, 0.5) is 11.8 Å². The number of nitrogen functional groups attached to an aromatic ring is 1. The number of rotatable bonds is 3. The van der Waals surface area contributed by atoms with Gasteiger partial charge in [-0.15, -0.1) is 0 Å². The van der Waals surface area contributed by atoms with Crippen molar-refractivity contribution in [3.05, 3.63) is 10.7 Å². The minimum atomic E-state index is -0.0425. The van der Waals surface area contributed by atoms with Crippen molar-refractivity contribution >= 4 is 33.6 Å². The summed E-state index contributed by atoms with van der Waals surface area (Å²) in [5.74, 6) is 0.634. The summed E-state index contributed by atoms with van der Waals surface area (Å²) in [7, 11) is 3.38. The second kappa shape index (κ2) is 4.92. The van der Waals surface area contributed by atoms with Gasteiger partial charge in [0.05, 0.1) is 11.0 Å². The third kappa shape index (κ3) is 3.35. The van der Waals surface area contributed by atoms with E-state index in [1.165, 1.54) is 11.1 Å². The second-order valence-corrected chi connectivity index (χ2v) is 3.92. The van der Waals surface area contributed by atoms with Gasteiger partial charge in [-0.1, -0.05) is 0 Å². The third-order valence-corrected chi connectivity index (χ3v) is 2.25. The zero-order chi connectivity index (χ0) is 11.4. The van der Waals surface area contributed by atoms with E-state index < -0.39 is 0 Å². The largest absolute Gasteiger partial charge is 0.368 e. The molecule has 0 aliphatic heterocycles. The molecule has 0 atom stereocenters. The number of hydrogen-bond donors (Lipinski definition) is 2. The molecular weight excluding hydrogens is 262 g/mol. The van der Waals surface area contributed by atoms with E-state index in [2.05, 4.69) is 31.2 Å². The monoisotopic (exact) mass is 273 g/mol. The first-order valence-corrected chi connectivity index (χ1v) is 5.02. The maximum atomic E-state index is 11.3. The molecule has 0 saturated heterocycles. The summed E-state index contributed by atoms with van der Waals surface area (Å²) in [5, 5.41) is 2.87. The first kappa shape index (κ1) is 11.7. The van der Waals surface area contributed by atoms with Crippen LogP contribution in [0.1, 0.15) is 0 Å². The Bertz CT molecular complexity index is 368. The van der Waals surface area contributed by atoms with Crippen molar-refractivity contribution in [2.75, 3.05) is 31.7 Å². The topological polar surface area (TPSA) is 84.1 Å². The fourth-order valence-corrected chi connectivity index (χ4v) is 1.15. The Morgan fingerprint density at radius 3 is 2.93 bits per heavy atom. The minimum absolute atomic E-state index is 0.0425. The van der Waals surface area contributed by atoms with E-state index in [1.54, 1.807) is 14.1 Å². The third-order valence-electron chi connectivity index (χ3n) is 1.67. The van der Waals surface area contributed by atoms with Gasteiger partial charge in [-0.2, -0.15) is 4.98 Å². The lowest BCUT2D eigenvalue weighted by molar-refractivity contribution is -0.126. The number of likely N-dealkylation sites (N-methyl/N-ethyl adjacent to an activating group) is 1. The number of aromatic nitrogens is 2. The molecule has 1 rings (SSSR count). The summed E-state index contributed by atoms with van der Waals surface area (Å²) < 4.78 is 0.670. The van der Waals surface area contributed by atoms with E-state index >= 15 is 0 Å². The van der Waals surface area contributed by atoms with Crippen LogP contribution >= 0.6 is 15.9 Å². The van der Waals surface area contributed by atoms with E-state index in [0.29, 0.717) is 10.3 Å². The van der Waals surface area contributed by atoms with Crippen LogP contribution in [0.3, 0.4) is 0 Å². The van der Waals surface area contributed by atoms with E-state index in [9.17, 15) is 4.79 Å². The fraction of sp³-hybridized carbons (Fsp3) is 0.375. The van der Waals surface area contributed by atoms with Crippen molar-refractivity contribution in [3.8, 4) is 0 Å². The van der Waals surface area contributed by atoms with Crippen molar-refractivity contribution in [3.63, 3.8) is 0 Å². The molecule has 7 heteroatoms. The van der Waals surface area contributed by atoms with Gasteiger partial charge >= 0.3 is 0 Å².